The van der Waals surface area contributed by atoms with E-state index in [4.69, 9.17) is 21.6 Å². The summed E-state index contributed by atoms with van der Waals surface area (Å²) < 4.78 is 5.44. The number of nitrogens with zero attached hydrogens (tertiary/aromatic N) is 2. The van der Waals surface area contributed by atoms with Gasteiger partial charge < -0.3 is 9.64 Å². The molecule has 2 aromatic carbocycles. The Morgan fingerprint density at radius 3 is 2.60 bits per heavy atom. The summed E-state index contributed by atoms with van der Waals surface area (Å²) in [6, 6.07) is 14.7. The first-order valence-corrected chi connectivity index (χ1v) is 9.46. The van der Waals surface area contributed by atoms with Gasteiger partial charge in [0.05, 0.1) is 29.7 Å². The monoisotopic (exact) mass is 374 g/mol. The molecular weight excluding hydrogens is 356 g/mol. The van der Waals surface area contributed by atoms with Crippen LogP contribution in [0, 0.1) is 11.3 Å². The second-order valence-electron chi connectivity index (χ2n) is 5.14. The number of ether oxygens (including phenoxy) is 1. The summed E-state index contributed by atoms with van der Waals surface area (Å²) in [5.74, 6) is 0.515. The largest absolute Gasteiger partial charge is 0.494 e. The summed E-state index contributed by atoms with van der Waals surface area (Å²) in [4.78, 5) is 15.6. The highest BCUT2D eigenvalue weighted by molar-refractivity contribution is 7.98. The number of thioether (sulfide) groups is 1. The molecule has 0 saturated heterocycles. The maximum absolute atomic E-state index is 13.0. The maximum atomic E-state index is 13.0. The van der Waals surface area contributed by atoms with Gasteiger partial charge in [0, 0.05) is 17.1 Å². The van der Waals surface area contributed by atoms with E-state index in [1.54, 1.807) is 28.8 Å². The van der Waals surface area contributed by atoms with Gasteiger partial charge in [0.15, 0.2) is 0 Å². The number of amides is 1. The zero-order chi connectivity index (χ0) is 18.2. The molecule has 0 spiro atoms. The molecule has 0 aliphatic carbocycles. The molecule has 0 aromatic heterocycles. The van der Waals surface area contributed by atoms with Crippen LogP contribution in [0.3, 0.4) is 0 Å². The molecular formula is C19H19ClN2O2S. The smallest absolute Gasteiger partial charge is 0.259 e. The number of carbonyl (C=O) groups excluding carboxylic acids is 1. The number of anilines is 1. The Labute approximate surface area is 157 Å². The maximum Gasteiger partial charge on any atom is 0.259 e. The van der Waals surface area contributed by atoms with Gasteiger partial charge in [0.1, 0.15) is 5.75 Å². The highest BCUT2D eigenvalue weighted by Gasteiger charge is 2.20. The number of rotatable bonds is 7. The Kier molecular flexibility index (Phi) is 7.17. The number of halogens is 1. The van der Waals surface area contributed by atoms with Crippen LogP contribution in [0.5, 0.6) is 5.75 Å². The molecule has 0 N–H and O–H groups in total. The Hall–Kier alpha value is -2.16. The Morgan fingerprint density at radius 1 is 1.28 bits per heavy atom. The van der Waals surface area contributed by atoms with Crippen molar-refractivity contribution in [2.75, 3.05) is 24.3 Å². The number of benzene rings is 2. The third-order valence-corrected chi connectivity index (χ3v) is 4.61. The molecule has 0 atom stereocenters. The van der Waals surface area contributed by atoms with E-state index in [1.165, 1.54) is 0 Å². The minimum absolute atomic E-state index is 0.222. The Bertz CT molecular complexity index is 772. The van der Waals surface area contributed by atoms with Crippen molar-refractivity contribution >= 4 is 35.0 Å². The quantitative estimate of drug-likeness (QED) is 0.638. The minimum Gasteiger partial charge on any atom is -0.494 e. The first-order valence-electron chi connectivity index (χ1n) is 7.86. The molecule has 6 heteroatoms. The van der Waals surface area contributed by atoms with Gasteiger partial charge in [0.25, 0.3) is 5.91 Å². The van der Waals surface area contributed by atoms with E-state index in [9.17, 15) is 4.79 Å². The van der Waals surface area contributed by atoms with Crippen LogP contribution < -0.4 is 9.64 Å². The molecule has 1 amide bonds. The molecule has 4 nitrogen and oxygen atoms in total. The highest BCUT2D eigenvalue weighted by atomic mass is 35.5. The second kappa shape index (κ2) is 9.36. The van der Waals surface area contributed by atoms with E-state index in [0.717, 1.165) is 10.6 Å². The summed E-state index contributed by atoms with van der Waals surface area (Å²) >= 11 is 7.78. The normalized spacial score (nSPS) is 10.2. The lowest BCUT2D eigenvalue weighted by Gasteiger charge is -2.23. The van der Waals surface area contributed by atoms with Crippen molar-refractivity contribution in [3.05, 3.63) is 53.1 Å². The van der Waals surface area contributed by atoms with Crippen molar-refractivity contribution < 1.29 is 9.53 Å². The first-order chi connectivity index (χ1) is 12.1. The van der Waals surface area contributed by atoms with Crippen LogP contribution >= 0.6 is 23.4 Å². The van der Waals surface area contributed by atoms with Crippen molar-refractivity contribution in [3.63, 3.8) is 0 Å². The average molecular weight is 375 g/mol. The predicted molar refractivity (Wildman–Crippen MR) is 103 cm³/mol. The SMILES string of the molecule is CCOc1ccc(N(CCC#N)C(=O)c2cc(SC)ccc2Cl)cc1. The topological polar surface area (TPSA) is 53.3 Å². The van der Waals surface area contributed by atoms with Gasteiger partial charge >= 0.3 is 0 Å². The van der Waals surface area contributed by atoms with Crippen LogP contribution in [-0.4, -0.2) is 25.3 Å². The molecule has 130 valence electrons. The van der Waals surface area contributed by atoms with Crippen molar-refractivity contribution in [1.82, 2.24) is 0 Å². The predicted octanol–water partition coefficient (Wildman–Crippen LogP) is 5.02. The van der Waals surface area contributed by atoms with Crippen molar-refractivity contribution in [2.45, 2.75) is 18.2 Å². The number of nitriles is 1. The van der Waals surface area contributed by atoms with E-state index < -0.39 is 0 Å². The lowest BCUT2D eigenvalue weighted by atomic mass is 10.1. The van der Waals surface area contributed by atoms with Gasteiger partial charge in [-0.3, -0.25) is 4.79 Å². The molecule has 0 aliphatic heterocycles. The van der Waals surface area contributed by atoms with Crippen LogP contribution in [0.25, 0.3) is 0 Å². The van der Waals surface area contributed by atoms with Crippen LogP contribution in [0.1, 0.15) is 23.7 Å². The van der Waals surface area contributed by atoms with Gasteiger partial charge in [-0.1, -0.05) is 11.6 Å². The van der Waals surface area contributed by atoms with Crippen LogP contribution in [0.2, 0.25) is 5.02 Å². The molecule has 25 heavy (non-hydrogen) atoms. The fourth-order valence-electron chi connectivity index (χ4n) is 2.34. The molecule has 0 saturated carbocycles. The fraction of sp³-hybridized carbons (Fsp3) is 0.263. The van der Waals surface area contributed by atoms with Crippen LogP contribution in [0.4, 0.5) is 5.69 Å². The number of hydrogen-bond donors (Lipinski definition) is 0. The standard InChI is InChI=1S/C19H19ClN2O2S/c1-3-24-15-7-5-14(6-8-15)22(12-4-11-21)19(23)17-13-16(25-2)9-10-18(17)20/h5-10,13H,3-4,12H2,1-2H3. The van der Waals surface area contributed by atoms with Crippen LogP contribution in [0.15, 0.2) is 47.4 Å². The third-order valence-electron chi connectivity index (χ3n) is 3.56. The third kappa shape index (κ3) is 4.91. The van der Waals surface area contributed by atoms with Gasteiger partial charge in [-0.15, -0.1) is 11.8 Å². The average Bonchev–Trinajstić information content (AvgIpc) is 2.63. The molecule has 2 rings (SSSR count). The molecule has 0 radical (unpaired) electrons. The van der Waals surface area contributed by atoms with Gasteiger partial charge in [-0.25, -0.2) is 0 Å². The van der Waals surface area contributed by atoms with Crippen molar-refractivity contribution in [1.29, 1.82) is 5.26 Å². The molecule has 0 aliphatic rings. The van der Waals surface area contributed by atoms with E-state index in [0.29, 0.717) is 29.4 Å². The Morgan fingerprint density at radius 2 is 2.00 bits per heavy atom. The molecule has 2 aromatic rings. The summed E-state index contributed by atoms with van der Waals surface area (Å²) in [7, 11) is 0. The minimum atomic E-state index is -0.222. The zero-order valence-electron chi connectivity index (χ0n) is 14.2. The zero-order valence-corrected chi connectivity index (χ0v) is 15.7. The summed E-state index contributed by atoms with van der Waals surface area (Å²) in [5.41, 5.74) is 1.13. The van der Waals surface area contributed by atoms with Gasteiger partial charge in [-0.05, 0) is 55.6 Å². The molecule has 0 bridgehead atoms. The van der Waals surface area contributed by atoms with E-state index in [2.05, 4.69) is 6.07 Å². The van der Waals surface area contributed by atoms with Crippen molar-refractivity contribution in [3.8, 4) is 11.8 Å². The molecule has 0 fully saturated rings. The van der Waals surface area contributed by atoms with E-state index in [-0.39, 0.29) is 12.3 Å². The summed E-state index contributed by atoms with van der Waals surface area (Å²) in [5, 5.41) is 9.33. The second-order valence-corrected chi connectivity index (χ2v) is 6.42. The van der Waals surface area contributed by atoms with Gasteiger partial charge in [0.2, 0.25) is 0 Å². The van der Waals surface area contributed by atoms with Gasteiger partial charge in [-0.2, -0.15) is 5.26 Å². The van der Waals surface area contributed by atoms with Crippen LogP contribution in [-0.2, 0) is 0 Å². The first kappa shape index (κ1) is 19.2. The van der Waals surface area contributed by atoms with E-state index in [1.807, 2.05) is 43.5 Å². The Balaban J connectivity index is 2.36. The summed E-state index contributed by atoms with van der Waals surface area (Å²) in [6.45, 7) is 2.79. The van der Waals surface area contributed by atoms with E-state index >= 15 is 0 Å². The van der Waals surface area contributed by atoms with Crippen molar-refractivity contribution in [2.24, 2.45) is 0 Å². The lowest BCUT2D eigenvalue weighted by molar-refractivity contribution is 0.0987. The molecule has 0 unspecified atom stereocenters. The number of carbonyl (C=O) groups is 1. The molecule has 0 heterocycles. The lowest BCUT2D eigenvalue weighted by Crippen LogP contribution is -2.32. The fourth-order valence-corrected chi connectivity index (χ4v) is 2.98. The highest BCUT2D eigenvalue weighted by Crippen LogP contribution is 2.27. The number of hydrogen-bond acceptors (Lipinski definition) is 4. The summed E-state index contributed by atoms with van der Waals surface area (Å²) in [6.07, 6.45) is 2.18.